The van der Waals surface area contributed by atoms with Crippen molar-refractivity contribution >= 4 is 40.5 Å². The second-order valence-electron chi connectivity index (χ2n) is 7.44. The van der Waals surface area contributed by atoms with Crippen LogP contribution in [-0.2, 0) is 11.4 Å². The van der Waals surface area contributed by atoms with Crippen LogP contribution in [0.4, 0.5) is 11.4 Å². The molecule has 0 saturated carbocycles. The number of thiocarbonyl (C=S) groups is 1. The van der Waals surface area contributed by atoms with Gasteiger partial charge in [0.2, 0.25) is 5.91 Å². The van der Waals surface area contributed by atoms with Gasteiger partial charge in [-0.3, -0.25) is 14.9 Å². The van der Waals surface area contributed by atoms with Crippen molar-refractivity contribution in [3.05, 3.63) is 90.0 Å². The summed E-state index contributed by atoms with van der Waals surface area (Å²) in [7, 11) is 0. The molecule has 0 saturated heterocycles. The minimum absolute atomic E-state index is 0.0285. The normalized spacial score (nSPS) is 10.2. The molecular formula is C26H27N3O3S. The summed E-state index contributed by atoms with van der Waals surface area (Å²) in [6, 6.07) is 23.9. The largest absolute Gasteiger partial charge is 0.489 e. The van der Waals surface area contributed by atoms with E-state index in [0.29, 0.717) is 35.7 Å². The van der Waals surface area contributed by atoms with E-state index in [-0.39, 0.29) is 16.9 Å². The van der Waals surface area contributed by atoms with Gasteiger partial charge in [-0.05, 0) is 60.6 Å². The maximum absolute atomic E-state index is 12.6. The van der Waals surface area contributed by atoms with Crippen molar-refractivity contribution in [2.45, 2.75) is 32.8 Å². The van der Waals surface area contributed by atoms with Crippen LogP contribution in [0.1, 0.15) is 42.1 Å². The average Bonchev–Trinajstić information content (AvgIpc) is 2.82. The van der Waals surface area contributed by atoms with Crippen molar-refractivity contribution in [1.82, 2.24) is 5.32 Å². The Labute approximate surface area is 199 Å². The van der Waals surface area contributed by atoms with E-state index in [1.807, 2.05) is 37.3 Å². The molecule has 33 heavy (non-hydrogen) atoms. The Kier molecular flexibility index (Phi) is 8.97. The molecular weight excluding hydrogens is 434 g/mol. The monoisotopic (exact) mass is 461 g/mol. The molecule has 3 aromatic rings. The number of rotatable bonds is 9. The summed E-state index contributed by atoms with van der Waals surface area (Å²) in [6.45, 7) is 2.46. The number of carbonyl (C=O) groups excluding carboxylic acids is 2. The second kappa shape index (κ2) is 12.4. The molecule has 0 bridgehead atoms. The van der Waals surface area contributed by atoms with Crippen molar-refractivity contribution in [3.8, 4) is 5.75 Å². The van der Waals surface area contributed by atoms with Gasteiger partial charge in [-0.1, -0.05) is 55.8 Å². The minimum atomic E-state index is -0.346. The first-order valence-corrected chi connectivity index (χ1v) is 11.2. The Morgan fingerprint density at radius 2 is 1.61 bits per heavy atom. The summed E-state index contributed by atoms with van der Waals surface area (Å²) < 4.78 is 5.79. The van der Waals surface area contributed by atoms with Gasteiger partial charge in [0.1, 0.15) is 12.4 Å². The molecule has 0 atom stereocenters. The van der Waals surface area contributed by atoms with Crippen LogP contribution in [0.15, 0.2) is 78.9 Å². The SMILES string of the molecule is CCCCC(=O)Nc1cccc(NC(=S)NC(=O)c2cccc(OCc3ccccc3)c2)c1. The Morgan fingerprint density at radius 3 is 2.36 bits per heavy atom. The molecule has 7 heteroatoms. The smallest absolute Gasteiger partial charge is 0.257 e. The Bertz CT molecular complexity index is 1100. The highest BCUT2D eigenvalue weighted by molar-refractivity contribution is 7.80. The molecule has 0 aromatic heterocycles. The van der Waals surface area contributed by atoms with Gasteiger partial charge in [0, 0.05) is 23.4 Å². The van der Waals surface area contributed by atoms with Gasteiger partial charge in [-0.25, -0.2) is 0 Å². The van der Waals surface area contributed by atoms with Gasteiger partial charge in [0.15, 0.2) is 5.11 Å². The third kappa shape index (κ3) is 8.05. The lowest BCUT2D eigenvalue weighted by atomic mass is 10.2. The van der Waals surface area contributed by atoms with Gasteiger partial charge in [-0.15, -0.1) is 0 Å². The van der Waals surface area contributed by atoms with Crippen LogP contribution in [0.2, 0.25) is 0 Å². The van der Waals surface area contributed by atoms with Crippen LogP contribution in [-0.4, -0.2) is 16.9 Å². The van der Waals surface area contributed by atoms with E-state index in [4.69, 9.17) is 17.0 Å². The number of amides is 2. The molecule has 0 unspecified atom stereocenters. The zero-order valence-electron chi connectivity index (χ0n) is 18.5. The van der Waals surface area contributed by atoms with Crippen molar-refractivity contribution < 1.29 is 14.3 Å². The van der Waals surface area contributed by atoms with Gasteiger partial charge in [0.25, 0.3) is 5.91 Å². The van der Waals surface area contributed by atoms with E-state index in [9.17, 15) is 9.59 Å². The lowest BCUT2D eigenvalue weighted by molar-refractivity contribution is -0.116. The van der Waals surface area contributed by atoms with Crippen molar-refractivity contribution in [2.24, 2.45) is 0 Å². The summed E-state index contributed by atoms with van der Waals surface area (Å²) in [4.78, 5) is 24.6. The molecule has 3 rings (SSSR count). The quantitative estimate of drug-likeness (QED) is 0.366. The molecule has 2 amide bonds. The lowest BCUT2D eigenvalue weighted by Gasteiger charge is -2.12. The summed E-state index contributed by atoms with van der Waals surface area (Å²) in [5.41, 5.74) is 2.80. The third-order valence-corrected chi connectivity index (χ3v) is 4.94. The first-order chi connectivity index (χ1) is 16.0. The standard InChI is InChI=1S/C26H27N3O3S/c1-2-3-15-24(30)27-21-12-8-13-22(17-21)28-26(33)29-25(31)20-11-7-14-23(16-20)32-18-19-9-5-4-6-10-19/h4-14,16-17H,2-3,15,18H2,1H3,(H,27,30)(H2,28,29,31,33). The first kappa shape index (κ1) is 23.9. The Morgan fingerprint density at radius 1 is 0.879 bits per heavy atom. The highest BCUT2D eigenvalue weighted by Crippen LogP contribution is 2.17. The van der Waals surface area contributed by atoms with Crippen LogP contribution in [0.25, 0.3) is 0 Å². The van der Waals surface area contributed by atoms with Crippen molar-refractivity contribution in [1.29, 1.82) is 0 Å². The number of anilines is 2. The molecule has 6 nitrogen and oxygen atoms in total. The molecule has 170 valence electrons. The molecule has 0 aliphatic heterocycles. The number of nitrogens with one attached hydrogen (secondary N) is 3. The van der Waals surface area contributed by atoms with Gasteiger partial charge >= 0.3 is 0 Å². The number of hydrogen-bond acceptors (Lipinski definition) is 4. The lowest BCUT2D eigenvalue weighted by Crippen LogP contribution is -2.34. The zero-order chi connectivity index (χ0) is 23.5. The highest BCUT2D eigenvalue weighted by Gasteiger charge is 2.10. The van der Waals surface area contributed by atoms with E-state index in [1.165, 1.54) is 0 Å². The van der Waals surface area contributed by atoms with Crippen LogP contribution in [0.3, 0.4) is 0 Å². The average molecular weight is 462 g/mol. The molecule has 0 radical (unpaired) electrons. The van der Waals surface area contributed by atoms with E-state index >= 15 is 0 Å². The fourth-order valence-corrected chi connectivity index (χ4v) is 3.25. The molecule has 0 aliphatic rings. The number of ether oxygens (including phenoxy) is 1. The van der Waals surface area contributed by atoms with Crippen LogP contribution < -0.4 is 20.7 Å². The van der Waals surface area contributed by atoms with E-state index in [1.54, 1.807) is 48.5 Å². The summed E-state index contributed by atoms with van der Waals surface area (Å²) in [6.07, 6.45) is 2.29. The van der Waals surface area contributed by atoms with E-state index in [0.717, 1.165) is 18.4 Å². The number of hydrogen-bond donors (Lipinski definition) is 3. The van der Waals surface area contributed by atoms with Crippen LogP contribution in [0, 0.1) is 0 Å². The molecule has 0 heterocycles. The molecule has 0 spiro atoms. The molecule has 0 aliphatic carbocycles. The fraction of sp³-hybridized carbons (Fsp3) is 0.192. The van der Waals surface area contributed by atoms with Gasteiger partial charge in [0.05, 0.1) is 0 Å². The Balaban J connectivity index is 1.54. The van der Waals surface area contributed by atoms with Crippen molar-refractivity contribution in [3.63, 3.8) is 0 Å². The van der Waals surface area contributed by atoms with Gasteiger partial charge < -0.3 is 15.4 Å². The maximum atomic E-state index is 12.6. The van der Waals surface area contributed by atoms with E-state index in [2.05, 4.69) is 16.0 Å². The predicted octanol–water partition coefficient (Wildman–Crippen LogP) is 5.52. The number of carbonyl (C=O) groups is 2. The molecule has 3 aromatic carbocycles. The van der Waals surface area contributed by atoms with Gasteiger partial charge in [-0.2, -0.15) is 0 Å². The predicted molar refractivity (Wildman–Crippen MR) is 135 cm³/mol. The molecule has 0 fully saturated rings. The van der Waals surface area contributed by atoms with Crippen LogP contribution in [0.5, 0.6) is 5.75 Å². The number of benzene rings is 3. The summed E-state index contributed by atoms with van der Waals surface area (Å²) in [5.74, 6) is 0.220. The summed E-state index contributed by atoms with van der Waals surface area (Å²) in [5, 5.41) is 8.67. The topological polar surface area (TPSA) is 79.5 Å². The third-order valence-electron chi connectivity index (χ3n) is 4.73. The fourth-order valence-electron chi connectivity index (χ4n) is 3.04. The highest BCUT2D eigenvalue weighted by atomic mass is 32.1. The molecule has 3 N–H and O–H groups in total. The van der Waals surface area contributed by atoms with Crippen molar-refractivity contribution in [2.75, 3.05) is 10.6 Å². The van der Waals surface area contributed by atoms with Crippen LogP contribution >= 0.6 is 12.2 Å². The minimum Gasteiger partial charge on any atom is -0.489 e. The second-order valence-corrected chi connectivity index (χ2v) is 7.85. The first-order valence-electron chi connectivity index (χ1n) is 10.8. The maximum Gasteiger partial charge on any atom is 0.257 e. The Hall–Kier alpha value is -3.71. The number of unbranched alkanes of at least 4 members (excludes halogenated alkanes) is 1. The zero-order valence-corrected chi connectivity index (χ0v) is 19.3. The summed E-state index contributed by atoms with van der Waals surface area (Å²) >= 11 is 5.29. The van der Waals surface area contributed by atoms with E-state index < -0.39 is 0 Å².